The van der Waals surface area contributed by atoms with E-state index in [0.717, 1.165) is 19.7 Å². The first-order valence-corrected chi connectivity index (χ1v) is 6.13. The third-order valence-corrected chi connectivity index (χ3v) is 3.55. The first-order valence-electron chi connectivity index (χ1n) is 6.13. The second-order valence-corrected chi connectivity index (χ2v) is 4.94. The summed E-state index contributed by atoms with van der Waals surface area (Å²) in [7, 11) is 1.76. The molecule has 0 aromatic carbocycles. The van der Waals surface area contributed by atoms with Crippen molar-refractivity contribution in [3.05, 3.63) is 0 Å². The van der Waals surface area contributed by atoms with Crippen molar-refractivity contribution in [3.63, 3.8) is 0 Å². The highest BCUT2D eigenvalue weighted by Gasteiger charge is 2.32. The highest BCUT2D eigenvalue weighted by molar-refractivity contribution is 4.92. The van der Waals surface area contributed by atoms with Crippen molar-refractivity contribution < 1.29 is 4.74 Å². The Balaban J connectivity index is 2.44. The second-order valence-electron chi connectivity index (χ2n) is 4.94. The molecule has 0 aromatic rings. The SMILES string of the molecule is CCN(CC1(N)CCCC1)C(C)COC. The van der Waals surface area contributed by atoms with Crippen LogP contribution in [-0.2, 0) is 4.74 Å². The van der Waals surface area contributed by atoms with Gasteiger partial charge in [-0.2, -0.15) is 0 Å². The van der Waals surface area contributed by atoms with Crippen LogP contribution < -0.4 is 5.73 Å². The van der Waals surface area contributed by atoms with E-state index < -0.39 is 0 Å². The van der Waals surface area contributed by atoms with Gasteiger partial charge in [0.15, 0.2) is 0 Å². The molecule has 0 aromatic heterocycles. The van der Waals surface area contributed by atoms with Gasteiger partial charge >= 0.3 is 0 Å². The molecule has 0 heterocycles. The molecule has 0 amide bonds. The number of nitrogens with two attached hydrogens (primary N) is 1. The zero-order valence-corrected chi connectivity index (χ0v) is 10.5. The molecule has 0 spiro atoms. The summed E-state index contributed by atoms with van der Waals surface area (Å²) in [4.78, 5) is 2.44. The van der Waals surface area contributed by atoms with Crippen LogP contribution in [0.15, 0.2) is 0 Å². The van der Waals surface area contributed by atoms with Crippen molar-refractivity contribution in [3.8, 4) is 0 Å². The van der Waals surface area contributed by atoms with E-state index >= 15 is 0 Å². The van der Waals surface area contributed by atoms with E-state index in [1.54, 1.807) is 7.11 Å². The molecule has 1 saturated carbocycles. The molecule has 1 aliphatic rings. The lowest BCUT2D eigenvalue weighted by molar-refractivity contribution is 0.0866. The van der Waals surface area contributed by atoms with Crippen molar-refractivity contribution in [2.24, 2.45) is 5.73 Å². The van der Waals surface area contributed by atoms with Crippen molar-refractivity contribution in [2.75, 3.05) is 26.8 Å². The van der Waals surface area contributed by atoms with E-state index in [-0.39, 0.29) is 5.54 Å². The number of ether oxygens (including phenoxy) is 1. The van der Waals surface area contributed by atoms with Gasteiger partial charge in [-0.15, -0.1) is 0 Å². The summed E-state index contributed by atoms with van der Waals surface area (Å²) < 4.78 is 5.20. The van der Waals surface area contributed by atoms with Gasteiger partial charge in [0.25, 0.3) is 0 Å². The maximum atomic E-state index is 6.39. The Bertz CT molecular complexity index is 178. The lowest BCUT2D eigenvalue weighted by Gasteiger charge is -2.35. The summed E-state index contributed by atoms with van der Waals surface area (Å²) >= 11 is 0. The summed E-state index contributed by atoms with van der Waals surface area (Å²) in [5, 5.41) is 0. The Morgan fingerprint density at radius 3 is 2.47 bits per heavy atom. The number of rotatable bonds is 6. The molecule has 3 heteroatoms. The third kappa shape index (κ3) is 3.74. The van der Waals surface area contributed by atoms with E-state index in [2.05, 4.69) is 18.7 Å². The largest absolute Gasteiger partial charge is 0.383 e. The Morgan fingerprint density at radius 1 is 1.40 bits per heavy atom. The fourth-order valence-corrected chi connectivity index (χ4v) is 2.57. The van der Waals surface area contributed by atoms with Gasteiger partial charge in [0.1, 0.15) is 0 Å². The monoisotopic (exact) mass is 214 g/mol. The number of hydrogen-bond donors (Lipinski definition) is 1. The Kier molecular flexibility index (Phi) is 5.03. The average Bonchev–Trinajstić information content (AvgIpc) is 2.62. The molecule has 1 fully saturated rings. The second kappa shape index (κ2) is 5.83. The normalized spacial score (nSPS) is 22.2. The van der Waals surface area contributed by atoms with E-state index in [9.17, 15) is 0 Å². The topological polar surface area (TPSA) is 38.5 Å². The minimum Gasteiger partial charge on any atom is -0.383 e. The molecule has 0 bridgehead atoms. The first kappa shape index (κ1) is 12.9. The van der Waals surface area contributed by atoms with Crippen LogP contribution in [0.4, 0.5) is 0 Å². The highest BCUT2D eigenvalue weighted by atomic mass is 16.5. The van der Waals surface area contributed by atoms with Crippen LogP contribution >= 0.6 is 0 Å². The van der Waals surface area contributed by atoms with E-state index in [0.29, 0.717) is 6.04 Å². The smallest absolute Gasteiger partial charge is 0.0615 e. The van der Waals surface area contributed by atoms with E-state index in [4.69, 9.17) is 10.5 Å². The number of hydrogen-bond acceptors (Lipinski definition) is 3. The quantitative estimate of drug-likeness (QED) is 0.730. The predicted octanol–water partition coefficient (Wildman–Crippen LogP) is 1.61. The summed E-state index contributed by atoms with van der Waals surface area (Å²) in [5.41, 5.74) is 6.45. The molecule has 15 heavy (non-hydrogen) atoms. The molecule has 1 atom stereocenters. The molecule has 3 nitrogen and oxygen atoms in total. The summed E-state index contributed by atoms with van der Waals surface area (Å²) in [6.07, 6.45) is 4.96. The molecule has 0 radical (unpaired) electrons. The van der Waals surface area contributed by atoms with Gasteiger partial charge in [-0.1, -0.05) is 19.8 Å². The number of nitrogens with zero attached hydrogens (tertiary/aromatic N) is 1. The van der Waals surface area contributed by atoms with Crippen molar-refractivity contribution in [2.45, 2.75) is 51.1 Å². The average molecular weight is 214 g/mol. The fraction of sp³-hybridized carbons (Fsp3) is 1.00. The Labute approximate surface area is 94.0 Å². The number of methoxy groups -OCH3 is 1. The zero-order valence-electron chi connectivity index (χ0n) is 10.5. The van der Waals surface area contributed by atoms with Crippen LogP contribution in [0.5, 0.6) is 0 Å². The van der Waals surface area contributed by atoms with Gasteiger partial charge in [-0.25, -0.2) is 0 Å². The van der Waals surface area contributed by atoms with Crippen molar-refractivity contribution in [1.29, 1.82) is 0 Å². The molecule has 1 aliphatic carbocycles. The zero-order chi connectivity index (χ0) is 11.3. The molecule has 0 aliphatic heterocycles. The van der Waals surface area contributed by atoms with Crippen LogP contribution in [0.2, 0.25) is 0 Å². The van der Waals surface area contributed by atoms with E-state index in [1.807, 2.05) is 0 Å². The maximum Gasteiger partial charge on any atom is 0.0615 e. The van der Waals surface area contributed by atoms with Crippen molar-refractivity contribution in [1.82, 2.24) is 4.90 Å². The van der Waals surface area contributed by atoms with Crippen LogP contribution in [0.25, 0.3) is 0 Å². The Hall–Kier alpha value is -0.120. The van der Waals surface area contributed by atoms with Gasteiger partial charge in [0, 0.05) is 25.2 Å². The summed E-state index contributed by atoms with van der Waals surface area (Å²) in [6, 6.07) is 0.473. The van der Waals surface area contributed by atoms with Crippen LogP contribution in [0.1, 0.15) is 39.5 Å². The van der Waals surface area contributed by atoms with Crippen LogP contribution in [-0.4, -0.2) is 43.3 Å². The summed E-state index contributed by atoms with van der Waals surface area (Å²) in [5.74, 6) is 0. The van der Waals surface area contributed by atoms with E-state index in [1.165, 1.54) is 25.7 Å². The molecule has 90 valence electrons. The predicted molar refractivity (Wildman–Crippen MR) is 64.0 cm³/mol. The van der Waals surface area contributed by atoms with Gasteiger partial charge in [0.05, 0.1) is 6.61 Å². The lowest BCUT2D eigenvalue weighted by atomic mass is 9.98. The molecule has 0 saturated heterocycles. The summed E-state index contributed by atoms with van der Waals surface area (Å²) in [6.45, 7) is 7.29. The first-order chi connectivity index (χ1) is 7.11. The number of likely N-dealkylation sites (N-methyl/N-ethyl adjacent to an activating group) is 1. The minimum atomic E-state index is 0.0675. The van der Waals surface area contributed by atoms with Crippen LogP contribution in [0, 0.1) is 0 Å². The molecule has 1 unspecified atom stereocenters. The molecular formula is C12H26N2O. The van der Waals surface area contributed by atoms with Gasteiger partial charge < -0.3 is 10.5 Å². The highest BCUT2D eigenvalue weighted by Crippen LogP contribution is 2.28. The lowest BCUT2D eigenvalue weighted by Crippen LogP contribution is -2.51. The molecular weight excluding hydrogens is 188 g/mol. The standard InChI is InChI=1S/C12H26N2O/c1-4-14(11(2)9-15-3)10-12(13)7-5-6-8-12/h11H,4-10,13H2,1-3H3. The van der Waals surface area contributed by atoms with Gasteiger partial charge in [-0.05, 0) is 26.3 Å². The van der Waals surface area contributed by atoms with Crippen LogP contribution in [0.3, 0.4) is 0 Å². The van der Waals surface area contributed by atoms with Gasteiger partial charge in [-0.3, -0.25) is 4.90 Å². The Morgan fingerprint density at radius 2 is 2.00 bits per heavy atom. The fourth-order valence-electron chi connectivity index (χ4n) is 2.57. The van der Waals surface area contributed by atoms with Crippen molar-refractivity contribution >= 4 is 0 Å². The minimum absolute atomic E-state index is 0.0675. The maximum absolute atomic E-state index is 6.39. The molecule has 1 rings (SSSR count). The molecule has 2 N–H and O–H groups in total. The van der Waals surface area contributed by atoms with Gasteiger partial charge in [0.2, 0.25) is 0 Å². The third-order valence-electron chi connectivity index (χ3n) is 3.55.